The lowest BCUT2D eigenvalue weighted by molar-refractivity contribution is -0.115. The first-order valence-corrected chi connectivity index (χ1v) is 13.6. The van der Waals surface area contributed by atoms with E-state index in [1.54, 1.807) is 42.5 Å². The predicted octanol–water partition coefficient (Wildman–Crippen LogP) is 8.39. The quantitative estimate of drug-likeness (QED) is 0.188. The fourth-order valence-corrected chi connectivity index (χ4v) is 5.53. The van der Waals surface area contributed by atoms with Gasteiger partial charge in [-0.05, 0) is 48.0 Å². The molecule has 0 saturated heterocycles. The average Bonchev–Trinajstić information content (AvgIpc) is 2.92. The number of hydrogen-bond acceptors (Lipinski definition) is 5. The number of ether oxygens (including phenoxy) is 2. The number of methoxy groups -OCH3 is 2. The van der Waals surface area contributed by atoms with Crippen LogP contribution in [0.15, 0.2) is 89.8 Å². The first kappa shape index (κ1) is 28.6. The number of nitrogens with one attached hydrogen (secondary N) is 2. The van der Waals surface area contributed by atoms with Crippen LogP contribution in [0.1, 0.15) is 21.2 Å². The summed E-state index contributed by atoms with van der Waals surface area (Å²) in [5, 5.41) is 6.18. The molecule has 0 spiro atoms. The summed E-state index contributed by atoms with van der Waals surface area (Å²) >= 11 is 19.8. The summed E-state index contributed by atoms with van der Waals surface area (Å²) in [4.78, 5) is 27.2. The first-order chi connectivity index (χ1) is 18.8. The highest BCUT2D eigenvalue weighted by atomic mass is 35.5. The van der Waals surface area contributed by atoms with Crippen LogP contribution in [0.5, 0.6) is 11.5 Å². The van der Waals surface area contributed by atoms with Gasteiger partial charge in [-0.15, -0.1) is 11.8 Å². The number of carbonyl (C=O) groups is 2. The Bertz CT molecular complexity index is 1500. The Balaban J connectivity index is 1.58. The largest absolute Gasteiger partial charge is 0.495 e. The summed E-state index contributed by atoms with van der Waals surface area (Å²) in [6.07, 6.45) is 0. The monoisotopic (exact) mass is 600 g/mol. The van der Waals surface area contributed by atoms with Gasteiger partial charge in [0.1, 0.15) is 16.7 Å². The van der Waals surface area contributed by atoms with E-state index in [2.05, 4.69) is 10.6 Å². The van der Waals surface area contributed by atoms with Crippen molar-refractivity contribution < 1.29 is 19.1 Å². The summed E-state index contributed by atoms with van der Waals surface area (Å²) < 4.78 is 10.7. The van der Waals surface area contributed by atoms with Gasteiger partial charge in [0.05, 0.1) is 35.5 Å². The molecule has 200 valence electrons. The van der Waals surface area contributed by atoms with E-state index in [4.69, 9.17) is 44.3 Å². The number of amides is 2. The number of thioether (sulfide) groups is 1. The zero-order chi connectivity index (χ0) is 27.9. The molecule has 0 aromatic heterocycles. The summed E-state index contributed by atoms with van der Waals surface area (Å²) in [6.45, 7) is 0. The molecule has 4 rings (SSSR count). The normalized spacial score (nSPS) is 11.4. The smallest absolute Gasteiger partial charge is 0.257 e. The lowest BCUT2D eigenvalue weighted by atomic mass is 10.1. The van der Waals surface area contributed by atoms with Gasteiger partial charge in [0.15, 0.2) is 0 Å². The third-order valence-corrected chi connectivity index (χ3v) is 7.69. The van der Waals surface area contributed by atoms with Gasteiger partial charge in [0, 0.05) is 21.7 Å². The van der Waals surface area contributed by atoms with Crippen LogP contribution in [0.25, 0.3) is 0 Å². The van der Waals surface area contributed by atoms with Crippen LogP contribution < -0.4 is 20.1 Å². The summed E-state index contributed by atoms with van der Waals surface area (Å²) in [7, 11) is 3.00. The van der Waals surface area contributed by atoms with E-state index in [0.717, 1.165) is 10.5 Å². The number of carbonyl (C=O) groups excluding carboxylic acids is 2. The van der Waals surface area contributed by atoms with Crippen molar-refractivity contribution in [2.75, 3.05) is 24.9 Å². The van der Waals surface area contributed by atoms with Crippen molar-refractivity contribution in [3.05, 3.63) is 111 Å². The molecule has 0 saturated carbocycles. The maximum atomic E-state index is 13.6. The summed E-state index contributed by atoms with van der Waals surface area (Å²) in [5.41, 5.74) is 2.05. The van der Waals surface area contributed by atoms with Gasteiger partial charge in [-0.1, -0.05) is 71.2 Å². The molecule has 2 amide bonds. The van der Waals surface area contributed by atoms with Crippen molar-refractivity contribution in [2.45, 2.75) is 10.1 Å². The highest BCUT2D eigenvalue weighted by Crippen LogP contribution is 2.40. The number of hydrogen-bond donors (Lipinski definition) is 2. The molecule has 0 aliphatic carbocycles. The third kappa shape index (κ3) is 7.19. The molecule has 0 heterocycles. The van der Waals surface area contributed by atoms with Gasteiger partial charge >= 0.3 is 0 Å². The van der Waals surface area contributed by atoms with Gasteiger partial charge < -0.3 is 20.1 Å². The molecule has 0 radical (unpaired) electrons. The fraction of sp³-hybridized carbons (Fsp3) is 0.103. The van der Waals surface area contributed by atoms with E-state index < -0.39 is 5.25 Å². The van der Waals surface area contributed by atoms with Gasteiger partial charge in [-0.2, -0.15) is 0 Å². The van der Waals surface area contributed by atoms with Crippen molar-refractivity contribution in [1.29, 1.82) is 0 Å². The number of halogens is 3. The minimum Gasteiger partial charge on any atom is -0.495 e. The van der Waals surface area contributed by atoms with Crippen LogP contribution in [0.2, 0.25) is 15.1 Å². The second kappa shape index (κ2) is 13.1. The second-order valence-electron chi connectivity index (χ2n) is 8.19. The van der Waals surface area contributed by atoms with Crippen LogP contribution in [-0.2, 0) is 4.79 Å². The minimum absolute atomic E-state index is 0.250. The molecule has 1 unspecified atom stereocenters. The average molecular weight is 602 g/mol. The van der Waals surface area contributed by atoms with Gasteiger partial charge in [-0.25, -0.2) is 0 Å². The Morgan fingerprint density at radius 1 is 0.769 bits per heavy atom. The molecule has 1 atom stereocenters. The van der Waals surface area contributed by atoms with E-state index in [1.807, 2.05) is 36.4 Å². The van der Waals surface area contributed by atoms with Crippen molar-refractivity contribution in [2.24, 2.45) is 0 Å². The van der Waals surface area contributed by atoms with Crippen molar-refractivity contribution in [3.8, 4) is 11.5 Å². The first-order valence-electron chi connectivity index (χ1n) is 11.6. The molecule has 2 N–H and O–H groups in total. The Kier molecular flexibility index (Phi) is 9.64. The van der Waals surface area contributed by atoms with Crippen LogP contribution in [0.4, 0.5) is 11.4 Å². The summed E-state index contributed by atoms with van der Waals surface area (Å²) in [5.74, 6) is 0.180. The Morgan fingerprint density at radius 3 is 2.21 bits per heavy atom. The van der Waals surface area contributed by atoms with E-state index in [9.17, 15) is 9.59 Å². The van der Waals surface area contributed by atoms with E-state index in [1.165, 1.54) is 32.0 Å². The SMILES string of the molecule is COc1cc(OC)c(NC(=O)C(Sc2cccc(NC(=O)c3ccc(Cl)cc3Cl)c2)c2ccccc2)cc1Cl. The lowest BCUT2D eigenvalue weighted by Gasteiger charge is -2.19. The molecule has 39 heavy (non-hydrogen) atoms. The van der Waals surface area contributed by atoms with Gasteiger partial charge in [0.2, 0.25) is 5.91 Å². The predicted molar refractivity (Wildman–Crippen MR) is 159 cm³/mol. The maximum Gasteiger partial charge on any atom is 0.257 e. The molecular formula is C29H23Cl3N2O4S. The number of anilines is 2. The molecule has 4 aromatic carbocycles. The van der Waals surface area contributed by atoms with Crippen LogP contribution in [0.3, 0.4) is 0 Å². The fourth-order valence-electron chi connectivity index (χ4n) is 3.71. The Hall–Kier alpha value is -3.36. The molecule has 10 heteroatoms. The molecular weight excluding hydrogens is 579 g/mol. The van der Waals surface area contributed by atoms with E-state index in [0.29, 0.717) is 38.5 Å². The van der Waals surface area contributed by atoms with E-state index >= 15 is 0 Å². The Morgan fingerprint density at radius 2 is 1.51 bits per heavy atom. The topological polar surface area (TPSA) is 76.7 Å². The molecule has 0 aliphatic rings. The molecule has 6 nitrogen and oxygen atoms in total. The van der Waals surface area contributed by atoms with Crippen molar-refractivity contribution >= 4 is 69.8 Å². The standard InChI is InChI=1S/C29H23Cl3N2O4S/c1-37-25-16-26(38-2)24(15-23(25)32)34-29(36)27(17-7-4-3-5-8-17)39-20-10-6-9-19(14-20)33-28(35)21-12-11-18(30)13-22(21)31/h3-16,27H,1-2H3,(H,33,35)(H,34,36). The zero-order valence-corrected chi connectivity index (χ0v) is 23.9. The zero-order valence-electron chi connectivity index (χ0n) is 20.8. The molecule has 0 fully saturated rings. The number of benzene rings is 4. The van der Waals surface area contributed by atoms with E-state index in [-0.39, 0.29) is 16.8 Å². The van der Waals surface area contributed by atoms with Crippen LogP contribution in [0, 0.1) is 0 Å². The van der Waals surface area contributed by atoms with Gasteiger partial charge in [0.25, 0.3) is 5.91 Å². The minimum atomic E-state index is -0.631. The van der Waals surface area contributed by atoms with Crippen LogP contribution in [-0.4, -0.2) is 26.0 Å². The van der Waals surface area contributed by atoms with Crippen LogP contribution >= 0.6 is 46.6 Å². The molecule has 0 bridgehead atoms. The molecule has 0 aliphatic heterocycles. The number of rotatable bonds is 9. The lowest BCUT2D eigenvalue weighted by Crippen LogP contribution is -2.19. The molecule has 4 aromatic rings. The van der Waals surface area contributed by atoms with Crippen molar-refractivity contribution in [1.82, 2.24) is 0 Å². The highest BCUT2D eigenvalue weighted by molar-refractivity contribution is 8.00. The maximum absolute atomic E-state index is 13.6. The third-order valence-electron chi connectivity index (χ3n) is 5.59. The highest BCUT2D eigenvalue weighted by Gasteiger charge is 2.24. The van der Waals surface area contributed by atoms with Crippen molar-refractivity contribution in [3.63, 3.8) is 0 Å². The van der Waals surface area contributed by atoms with Gasteiger partial charge in [-0.3, -0.25) is 9.59 Å². The summed E-state index contributed by atoms with van der Waals surface area (Å²) in [6, 6.07) is 24.5. The Labute approximate surface area is 245 Å². The second-order valence-corrected chi connectivity index (χ2v) is 10.6.